The number of benzene rings is 1. The first-order valence-corrected chi connectivity index (χ1v) is 8.01. The van der Waals surface area contributed by atoms with Crippen molar-refractivity contribution in [3.63, 3.8) is 0 Å². The van der Waals surface area contributed by atoms with E-state index in [0.29, 0.717) is 11.5 Å². The van der Waals surface area contributed by atoms with Crippen LogP contribution in [-0.4, -0.2) is 22.4 Å². The average molecular weight is 283 g/mol. The van der Waals surface area contributed by atoms with Crippen molar-refractivity contribution in [1.82, 2.24) is 15.1 Å². The van der Waals surface area contributed by atoms with Gasteiger partial charge in [-0.05, 0) is 36.9 Å². The van der Waals surface area contributed by atoms with Crippen LogP contribution in [0.2, 0.25) is 0 Å². The maximum atomic E-state index is 4.32. The van der Waals surface area contributed by atoms with E-state index in [9.17, 15) is 0 Å². The Labute approximate surface area is 127 Å². The number of rotatable bonds is 6. The summed E-state index contributed by atoms with van der Waals surface area (Å²) in [5.74, 6) is 0. The lowest BCUT2D eigenvalue weighted by atomic mass is 9.59. The van der Waals surface area contributed by atoms with Gasteiger partial charge in [0.05, 0.1) is 6.20 Å². The number of nitrogens with one attached hydrogen (secondary N) is 1. The average Bonchev–Trinajstić information content (AvgIpc) is 2.84. The largest absolute Gasteiger partial charge is 0.313 e. The summed E-state index contributed by atoms with van der Waals surface area (Å²) in [7, 11) is 1.99. The van der Waals surface area contributed by atoms with Crippen molar-refractivity contribution in [2.45, 2.75) is 44.1 Å². The van der Waals surface area contributed by atoms with Crippen molar-refractivity contribution in [2.24, 2.45) is 7.05 Å². The molecule has 3 nitrogen and oxygen atoms in total. The van der Waals surface area contributed by atoms with E-state index in [0.717, 1.165) is 13.0 Å². The summed E-state index contributed by atoms with van der Waals surface area (Å²) in [6.07, 6.45) is 9.10. The summed E-state index contributed by atoms with van der Waals surface area (Å²) in [4.78, 5) is 0. The molecule has 0 amide bonds. The minimum absolute atomic E-state index is 0.299. The van der Waals surface area contributed by atoms with Crippen LogP contribution in [0.1, 0.15) is 37.3 Å². The standard InChI is InChI=1S/C18H25N3/c1-3-19-17(12-15-13-20-21(2)14-15)18(10-7-11-18)16-8-5-4-6-9-16/h4-6,8-9,13-14,17,19H,3,7,10-12H2,1-2H3. The zero-order chi connectivity index (χ0) is 14.7. The maximum Gasteiger partial charge on any atom is 0.0522 e. The van der Waals surface area contributed by atoms with Crippen molar-refractivity contribution in [3.05, 3.63) is 53.9 Å². The van der Waals surface area contributed by atoms with Crippen LogP contribution in [0.15, 0.2) is 42.7 Å². The molecule has 2 aromatic rings. The molecule has 0 radical (unpaired) electrons. The molecule has 1 aliphatic carbocycles. The zero-order valence-electron chi connectivity index (χ0n) is 13.0. The molecule has 112 valence electrons. The summed E-state index contributed by atoms with van der Waals surface area (Å²) < 4.78 is 1.90. The van der Waals surface area contributed by atoms with Gasteiger partial charge in [0.1, 0.15) is 0 Å². The molecule has 1 N–H and O–H groups in total. The van der Waals surface area contributed by atoms with Crippen molar-refractivity contribution < 1.29 is 0 Å². The first-order chi connectivity index (χ1) is 10.2. The first kappa shape index (κ1) is 14.3. The fourth-order valence-corrected chi connectivity index (χ4v) is 3.69. The molecule has 0 spiro atoms. The van der Waals surface area contributed by atoms with Crippen LogP contribution >= 0.6 is 0 Å². The van der Waals surface area contributed by atoms with Gasteiger partial charge in [0, 0.05) is 24.7 Å². The Balaban J connectivity index is 1.87. The highest BCUT2D eigenvalue weighted by Crippen LogP contribution is 2.47. The number of hydrogen-bond donors (Lipinski definition) is 1. The molecule has 1 atom stereocenters. The van der Waals surface area contributed by atoms with Crippen LogP contribution in [0.4, 0.5) is 0 Å². The highest BCUT2D eigenvalue weighted by molar-refractivity contribution is 5.31. The summed E-state index contributed by atoms with van der Waals surface area (Å²) in [6.45, 7) is 3.22. The normalized spacial score (nSPS) is 18.2. The molecular formula is C18H25N3. The van der Waals surface area contributed by atoms with E-state index in [1.54, 1.807) is 0 Å². The van der Waals surface area contributed by atoms with Gasteiger partial charge in [0.15, 0.2) is 0 Å². The second-order valence-electron chi connectivity index (χ2n) is 6.21. The van der Waals surface area contributed by atoms with Gasteiger partial charge in [0.25, 0.3) is 0 Å². The van der Waals surface area contributed by atoms with Gasteiger partial charge in [-0.3, -0.25) is 4.68 Å². The molecule has 1 fully saturated rings. The summed E-state index contributed by atoms with van der Waals surface area (Å²) >= 11 is 0. The first-order valence-electron chi connectivity index (χ1n) is 8.01. The van der Waals surface area contributed by atoms with Gasteiger partial charge in [-0.15, -0.1) is 0 Å². The number of nitrogens with zero attached hydrogens (tertiary/aromatic N) is 2. The minimum atomic E-state index is 0.299. The van der Waals surface area contributed by atoms with E-state index in [1.807, 2.05) is 17.9 Å². The molecule has 0 aliphatic heterocycles. The second-order valence-corrected chi connectivity index (χ2v) is 6.21. The Morgan fingerprint density at radius 2 is 2.05 bits per heavy atom. The van der Waals surface area contributed by atoms with E-state index in [4.69, 9.17) is 0 Å². The van der Waals surface area contributed by atoms with Crippen LogP contribution in [0.25, 0.3) is 0 Å². The van der Waals surface area contributed by atoms with E-state index >= 15 is 0 Å². The smallest absolute Gasteiger partial charge is 0.0522 e. The Morgan fingerprint density at radius 1 is 1.29 bits per heavy atom. The molecule has 0 saturated heterocycles. The fraction of sp³-hybridized carbons (Fsp3) is 0.500. The van der Waals surface area contributed by atoms with Gasteiger partial charge in [-0.1, -0.05) is 43.7 Å². The highest BCUT2D eigenvalue weighted by Gasteiger charge is 2.44. The van der Waals surface area contributed by atoms with Gasteiger partial charge in [-0.2, -0.15) is 5.10 Å². The molecule has 0 bridgehead atoms. The predicted molar refractivity (Wildman–Crippen MR) is 86.3 cm³/mol. The monoisotopic (exact) mass is 283 g/mol. The molecule has 1 saturated carbocycles. The quantitative estimate of drug-likeness (QED) is 0.883. The van der Waals surface area contributed by atoms with Crippen molar-refractivity contribution in [3.8, 4) is 0 Å². The Kier molecular flexibility index (Phi) is 4.11. The number of likely N-dealkylation sites (N-methyl/N-ethyl adjacent to an activating group) is 1. The van der Waals surface area contributed by atoms with E-state index in [2.05, 4.69) is 53.9 Å². The lowest BCUT2D eigenvalue weighted by Gasteiger charge is -2.49. The Bertz CT molecular complexity index is 569. The molecule has 21 heavy (non-hydrogen) atoms. The number of hydrogen-bond acceptors (Lipinski definition) is 2. The molecule has 1 unspecified atom stereocenters. The van der Waals surface area contributed by atoms with Crippen molar-refractivity contribution in [1.29, 1.82) is 0 Å². The number of aryl methyl sites for hydroxylation is 1. The summed E-state index contributed by atoms with van der Waals surface area (Å²) in [5.41, 5.74) is 3.12. The Morgan fingerprint density at radius 3 is 2.57 bits per heavy atom. The third-order valence-corrected chi connectivity index (χ3v) is 4.91. The van der Waals surface area contributed by atoms with E-state index in [-0.39, 0.29) is 0 Å². The van der Waals surface area contributed by atoms with Crippen LogP contribution in [0.3, 0.4) is 0 Å². The second kappa shape index (κ2) is 6.02. The number of aromatic nitrogens is 2. The molecule has 1 aromatic heterocycles. The van der Waals surface area contributed by atoms with Gasteiger partial charge in [-0.25, -0.2) is 0 Å². The molecule has 3 rings (SSSR count). The van der Waals surface area contributed by atoms with Crippen LogP contribution < -0.4 is 5.32 Å². The summed E-state index contributed by atoms with van der Waals surface area (Å²) in [5, 5.41) is 8.06. The minimum Gasteiger partial charge on any atom is -0.313 e. The van der Waals surface area contributed by atoms with Gasteiger partial charge >= 0.3 is 0 Å². The highest BCUT2D eigenvalue weighted by atomic mass is 15.2. The molecule has 3 heteroatoms. The van der Waals surface area contributed by atoms with Gasteiger partial charge in [0.2, 0.25) is 0 Å². The van der Waals surface area contributed by atoms with Crippen LogP contribution in [0, 0.1) is 0 Å². The Hall–Kier alpha value is -1.61. The van der Waals surface area contributed by atoms with Crippen molar-refractivity contribution in [2.75, 3.05) is 6.54 Å². The van der Waals surface area contributed by atoms with Crippen LogP contribution in [0.5, 0.6) is 0 Å². The molecule has 1 aliphatic rings. The van der Waals surface area contributed by atoms with E-state index < -0.39 is 0 Å². The third kappa shape index (κ3) is 2.75. The van der Waals surface area contributed by atoms with Crippen LogP contribution in [-0.2, 0) is 18.9 Å². The van der Waals surface area contributed by atoms with E-state index in [1.165, 1.54) is 30.4 Å². The fourth-order valence-electron chi connectivity index (χ4n) is 3.69. The molecule has 1 heterocycles. The summed E-state index contributed by atoms with van der Waals surface area (Å²) in [6, 6.07) is 11.5. The van der Waals surface area contributed by atoms with Gasteiger partial charge < -0.3 is 5.32 Å². The molecular weight excluding hydrogens is 258 g/mol. The lowest BCUT2D eigenvalue weighted by Crippen LogP contribution is -2.53. The van der Waals surface area contributed by atoms with Crippen molar-refractivity contribution >= 4 is 0 Å². The predicted octanol–water partition coefficient (Wildman–Crippen LogP) is 3.06. The zero-order valence-corrected chi connectivity index (χ0v) is 13.0. The third-order valence-electron chi connectivity index (χ3n) is 4.91. The molecule has 1 aromatic carbocycles. The maximum absolute atomic E-state index is 4.32. The SMILES string of the molecule is CCNC(Cc1cnn(C)c1)C1(c2ccccc2)CCC1. The topological polar surface area (TPSA) is 29.9 Å². The lowest BCUT2D eigenvalue weighted by molar-refractivity contribution is 0.169.